The fraction of sp³-hybridized carbons (Fsp3) is 0.706. The summed E-state index contributed by atoms with van der Waals surface area (Å²) in [6.45, 7) is 6.09. The fourth-order valence-electron chi connectivity index (χ4n) is 3.30. The summed E-state index contributed by atoms with van der Waals surface area (Å²) in [5.74, 6) is 2.70. The van der Waals surface area contributed by atoms with Gasteiger partial charge in [0.15, 0.2) is 0 Å². The van der Waals surface area contributed by atoms with Gasteiger partial charge in [0.1, 0.15) is 11.5 Å². The maximum absolute atomic E-state index is 10.7. The average molecular weight is 322 g/mol. The standard InChI is InChI=1S/C17H26N2O4/c1-12-7-15(12)16-4-3-13(23-16)9-19-5-6-22-14(10-19)8-18(2)11-17(20)21/h3-4,12,14-15H,5-11H2,1-2H3,(H,20,21). The third-order valence-electron chi connectivity index (χ3n) is 4.68. The number of rotatable bonds is 7. The number of carbonyl (C=O) groups is 1. The van der Waals surface area contributed by atoms with Crippen LogP contribution in [0.5, 0.6) is 0 Å². The zero-order chi connectivity index (χ0) is 16.4. The summed E-state index contributed by atoms with van der Waals surface area (Å²) in [5.41, 5.74) is 0. The monoisotopic (exact) mass is 322 g/mol. The molecule has 1 aliphatic carbocycles. The van der Waals surface area contributed by atoms with E-state index in [1.165, 1.54) is 6.42 Å². The third kappa shape index (κ3) is 4.56. The molecule has 0 aromatic carbocycles. The summed E-state index contributed by atoms with van der Waals surface area (Å²) >= 11 is 0. The first-order chi connectivity index (χ1) is 11.0. The number of hydrogen-bond donors (Lipinski definition) is 1. The van der Waals surface area contributed by atoms with Gasteiger partial charge in [0.05, 0.1) is 25.8 Å². The van der Waals surface area contributed by atoms with Crippen molar-refractivity contribution < 1.29 is 19.1 Å². The van der Waals surface area contributed by atoms with Crippen molar-refractivity contribution in [1.29, 1.82) is 0 Å². The second-order valence-corrected chi connectivity index (χ2v) is 6.94. The van der Waals surface area contributed by atoms with Crippen molar-refractivity contribution in [2.45, 2.75) is 31.9 Å². The quantitative estimate of drug-likeness (QED) is 0.823. The van der Waals surface area contributed by atoms with E-state index in [-0.39, 0.29) is 12.6 Å². The van der Waals surface area contributed by atoms with Gasteiger partial charge >= 0.3 is 5.97 Å². The van der Waals surface area contributed by atoms with Crippen molar-refractivity contribution in [2.75, 3.05) is 39.8 Å². The Bertz CT molecular complexity index is 544. The van der Waals surface area contributed by atoms with Gasteiger partial charge < -0.3 is 14.3 Å². The predicted octanol–water partition coefficient (Wildman–Crippen LogP) is 1.62. The van der Waals surface area contributed by atoms with Crippen LogP contribution in [0.3, 0.4) is 0 Å². The summed E-state index contributed by atoms with van der Waals surface area (Å²) in [7, 11) is 1.81. The topological polar surface area (TPSA) is 66.2 Å². The van der Waals surface area contributed by atoms with E-state index in [1.54, 1.807) is 4.90 Å². The second kappa shape index (κ2) is 7.03. The Morgan fingerprint density at radius 1 is 1.48 bits per heavy atom. The van der Waals surface area contributed by atoms with Crippen LogP contribution >= 0.6 is 0 Å². The van der Waals surface area contributed by atoms with E-state index < -0.39 is 5.97 Å². The minimum Gasteiger partial charge on any atom is -0.480 e. The van der Waals surface area contributed by atoms with Gasteiger partial charge in [0.25, 0.3) is 0 Å². The Morgan fingerprint density at radius 3 is 2.96 bits per heavy atom. The molecule has 0 spiro atoms. The molecule has 6 nitrogen and oxygen atoms in total. The Kier molecular flexibility index (Phi) is 5.04. The van der Waals surface area contributed by atoms with Crippen LogP contribution in [0.2, 0.25) is 0 Å². The van der Waals surface area contributed by atoms with Gasteiger partial charge in [0, 0.05) is 25.6 Å². The lowest BCUT2D eigenvalue weighted by atomic mass is 10.2. The number of aliphatic carboxylic acids is 1. The number of likely N-dealkylation sites (N-methyl/N-ethyl adjacent to an activating group) is 1. The van der Waals surface area contributed by atoms with Crippen LogP contribution in [-0.4, -0.2) is 66.8 Å². The smallest absolute Gasteiger partial charge is 0.317 e. The number of hydrogen-bond acceptors (Lipinski definition) is 5. The van der Waals surface area contributed by atoms with Crippen LogP contribution in [0.4, 0.5) is 0 Å². The molecule has 1 aromatic rings. The Balaban J connectivity index is 1.48. The Hall–Kier alpha value is -1.37. The van der Waals surface area contributed by atoms with Gasteiger partial charge in [-0.2, -0.15) is 0 Å². The Labute approximate surface area is 137 Å². The molecular formula is C17H26N2O4. The van der Waals surface area contributed by atoms with Gasteiger partial charge in [-0.05, 0) is 31.5 Å². The molecule has 3 atom stereocenters. The molecule has 2 fully saturated rings. The molecule has 23 heavy (non-hydrogen) atoms. The highest BCUT2D eigenvalue weighted by Crippen LogP contribution is 2.47. The lowest BCUT2D eigenvalue weighted by molar-refractivity contribution is -0.138. The zero-order valence-electron chi connectivity index (χ0n) is 13.9. The van der Waals surface area contributed by atoms with Crippen molar-refractivity contribution >= 4 is 5.97 Å². The van der Waals surface area contributed by atoms with Crippen LogP contribution in [0.1, 0.15) is 30.8 Å². The number of furan rings is 1. The number of carboxylic acid groups (broad SMARTS) is 1. The van der Waals surface area contributed by atoms with Crippen molar-refractivity contribution in [3.63, 3.8) is 0 Å². The Morgan fingerprint density at radius 2 is 2.26 bits per heavy atom. The summed E-state index contributed by atoms with van der Waals surface area (Å²) in [6, 6.07) is 4.20. The summed E-state index contributed by atoms with van der Waals surface area (Å²) in [6.07, 6.45) is 1.29. The molecule has 128 valence electrons. The van der Waals surface area contributed by atoms with E-state index in [9.17, 15) is 4.79 Å². The highest BCUT2D eigenvalue weighted by molar-refractivity contribution is 5.69. The van der Waals surface area contributed by atoms with E-state index in [0.29, 0.717) is 19.1 Å². The van der Waals surface area contributed by atoms with E-state index in [0.717, 1.165) is 37.1 Å². The number of carboxylic acids is 1. The van der Waals surface area contributed by atoms with Crippen molar-refractivity contribution in [1.82, 2.24) is 9.80 Å². The largest absolute Gasteiger partial charge is 0.480 e. The van der Waals surface area contributed by atoms with Crippen LogP contribution in [0.25, 0.3) is 0 Å². The molecule has 2 aliphatic rings. The molecule has 6 heteroatoms. The first-order valence-electron chi connectivity index (χ1n) is 8.34. The average Bonchev–Trinajstić information content (AvgIpc) is 3.02. The first-order valence-corrected chi connectivity index (χ1v) is 8.34. The molecular weight excluding hydrogens is 296 g/mol. The maximum Gasteiger partial charge on any atom is 0.317 e. The highest BCUT2D eigenvalue weighted by atomic mass is 16.5. The lowest BCUT2D eigenvalue weighted by Gasteiger charge is -2.34. The maximum atomic E-state index is 10.7. The molecule has 1 aliphatic heterocycles. The molecule has 1 saturated carbocycles. The molecule has 3 unspecified atom stereocenters. The van der Waals surface area contributed by atoms with Gasteiger partial charge in [-0.1, -0.05) is 6.92 Å². The molecule has 2 heterocycles. The number of ether oxygens (including phenoxy) is 1. The lowest BCUT2D eigenvalue weighted by Crippen LogP contribution is -2.47. The minimum absolute atomic E-state index is 0.0426. The number of nitrogens with zero attached hydrogens (tertiary/aromatic N) is 2. The SMILES string of the molecule is CC1CC1c1ccc(CN2CCOC(CN(C)CC(=O)O)C2)o1. The van der Waals surface area contributed by atoms with Crippen LogP contribution in [0.15, 0.2) is 16.5 Å². The van der Waals surface area contributed by atoms with Crippen LogP contribution in [-0.2, 0) is 16.1 Å². The predicted molar refractivity (Wildman–Crippen MR) is 85.4 cm³/mol. The van der Waals surface area contributed by atoms with Gasteiger partial charge in [-0.3, -0.25) is 14.6 Å². The molecule has 3 rings (SSSR count). The molecule has 0 amide bonds. The van der Waals surface area contributed by atoms with Gasteiger partial charge in [-0.25, -0.2) is 0 Å². The van der Waals surface area contributed by atoms with Gasteiger partial charge in [-0.15, -0.1) is 0 Å². The normalized spacial score (nSPS) is 28.2. The first kappa shape index (κ1) is 16.5. The molecule has 0 bridgehead atoms. The van der Waals surface area contributed by atoms with E-state index in [1.807, 2.05) is 7.05 Å². The minimum atomic E-state index is -0.808. The molecule has 1 N–H and O–H groups in total. The fourth-order valence-corrected chi connectivity index (χ4v) is 3.30. The zero-order valence-corrected chi connectivity index (χ0v) is 13.9. The summed E-state index contributed by atoms with van der Waals surface area (Å²) in [4.78, 5) is 14.8. The van der Waals surface area contributed by atoms with Crippen LogP contribution < -0.4 is 0 Å². The second-order valence-electron chi connectivity index (χ2n) is 6.94. The van der Waals surface area contributed by atoms with E-state index >= 15 is 0 Å². The highest BCUT2D eigenvalue weighted by Gasteiger charge is 2.36. The summed E-state index contributed by atoms with van der Waals surface area (Å²) in [5, 5.41) is 8.83. The van der Waals surface area contributed by atoms with Crippen molar-refractivity contribution in [2.24, 2.45) is 5.92 Å². The molecule has 0 radical (unpaired) electrons. The third-order valence-corrected chi connectivity index (χ3v) is 4.68. The van der Waals surface area contributed by atoms with Crippen LogP contribution in [0, 0.1) is 5.92 Å². The molecule has 1 aromatic heterocycles. The number of morpholine rings is 1. The van der Waals surface area contributed by atoms with E-state index in [4.69, 9.17) is 14.3 Å². The van der Waals surface area contributed by atoms with E-state index in [2.05, 4.69) is 24.0 Å². The van der Waals surface area contributed by atoms with Crippen molar-refractivity contribution in [3.05, 3.63) is 23.7 Å². The molecule has 1 saturated heterocycles. The summed E-state index contributed by atoms with van der Waals surface area (Å²) < 4.78 is 11.7. The van der Waals surface area contributed by atoms with Crippen molar-refractivity contribution in [3.8, 4) is 0 Å². The van der Waals surface area contributed by atoms with Gasteiger partial charge in [0.2, 0.25) is 0 Å².